The Bertz CT molecular complexity index is 3330. The summed E-state index contributed by atoms with van der Waals surface area (Å²) in [6.07, 6.45) is -7.03. The molecule has 0 spiro atoms. The lowest BCUT2D eigenvalue weighted by Crippen LogP contribution is -2.48. The lowest BCUT2D eigenvalue weighted by Gasteiger charge is -2.22. The summed E-state index contributed by atoms with van der Waals surface area (Å²) in [5, 5.41) is 63.5. The third-order valence-corrected chi connectivity index (χ3v) is 16.4. The Morgan fingerprint density at radius 3 is 1.23 bits per heavy atom. The Morgan fingerprint density at radius 2 is 0.884 bits per heavy atom. The highest BCUT2D eigenvalue weighted by molar-refractivity contribution is 5.87. The lowest BCUT2D eigenvalue weighted by atomic mass is 9.91. The van der Waals surface area contributed by atoms with E-state index in [-0.39, 0.29) is 30.0 Å². The van der Waals surface area contributed by atoms with E-state index >= 15 is 0 Å². The van der Waals surface area contributed by atoms with Crippen molar-refractivity contribution < 1.29 is 44.3 Å². The van der Waals surface area contributed by atoms with Gasteiger partial charge >= 0.3 is 6.03 Å². The lowest BCUT2D eigenvalue weighted by molar-refractivity contribution is -0.138. The van der Waals surface area contributed by atoms with Gasteiger partial charge in [0.15, 0.2) is 58.6 Å². The van der Waals surface area contributed by atoms with Crippen LogP contribution in [0.5, 0.6) is 0 Å². The fourth-order valence-corrected chi connectivity index (χ4v) is 12.0. The first-order valence-corrected chi connectivity index (χ1v) is 29.3. The number of benzene rings is 4. The Hall–Kier alpha value is -8.85. The zero-order valence-electron chi connectivity index (χ0n) is 47.5. The maximum Gasteiger partial charge on any atom is 0.315 e. The van der Waals surface area contributed by atoms with Crippen LogP contribution in [0, 0.1) is 0 Å². The van der Waals surface area contributed by atoms with Crippen LogP contribution in [-0.2, 0) is 19.1 Å². The van der Waals surface area contributed by atoms with Crippen molar-refractivity contribution in [3.05, 3.63) is 156 Å². The molecule has 0 saturated carbocycles. The summed E-state index contributed by atoms with van der Waals surface area (Å²) in [7, 11) is 0. The zero-order valence-corrected chi connectivity index (χ0v) is 47.5. The molecule has 4 aromatic carbocycles. The SMILES string of the molecule is CCNC(=O)[C@H]1O[C@@H](n2cnc3c(NCC(c4ccccc4)c4ccccc4)nc(N4CC[C@@H](NC(=O)N[C@@H]5CCN(c6nc(NCC(c7ccccc7)c7ccccc7)c7ncn([C@@H]8O[C@H](C(=O)NCC)[C@@H](O)[C@H]8O)c7n6)C5)C4)nc32)[C@H](O)[C@@H]1O. The molecule has 0 bridgehead atoms. The summed E-state index contributed by atoms with van der Waals surface area (Å²) in [6.45, 7) is 6.64. The molecule has 0 unspecified atom stereocenters. The monoisotopic (exact) mass is 1170 g/mol. The van der Waals surface area contributed by atoms with Crippen molar-refractivity contribution in [2.75, 3.05) is 72.8 Å². The molecule has 0 radical (unpaired) electrons. The van der Waals surface area contributed by atoms with Gasteiger partial charge in [0.1, 0.15) is 24.4 Å². The largest absolute Gasteiger partial charge is 0.387 e. The highest BCUT2D eigenvalue weighted by atomic mass is 16.6. The Morgan fingerprint density at radius 1 is 0.523 bits per heavy atom. The molecular formula is C61H70N16O9. The molecule has 4 aromatic heterocycles. The first-order chi connectivity index (χ1) is 41.9. The van der Waals surface area contributed by atoms with E-state index < -0.39 is 60.9 Å². The first-order valence-electron chi connectivity index (χ1n) is 29.3. The summed E-state index contributed by atoms with van der Waals surface area (Å²) >= 11 is 0. The number of carbonyl (C=O) groups is 3. The number of ether oxygens (including phenoxy) is 2. The normalized spacial score (nSPS) is 23.8. The molecule has 4 fully saturated rings. The van der Waals surface area contributed by atoms with Gasteiger partial charge in [-0.15, -0.1) is 0 Å². The summed E-state index contributed by atoms with van der Waals surface area (Å²) in [5.41, 5.74) is 5.73. The van der Waals surface area contributed by atoms with Crippen molar-refractivity contribution in [2.24, 2.45) is 0 Å². The topological polar surface area (TPSA) is 316 Å². The second kappa shape index (κ2) is 25.4. The molecule has 448 valence electrons. The van der Waals surface area contributed by atoms with E-state index in [0.29, 0.717) is 111 Å². The van der Waals surface area contributed by atoms with Gasteiger partial charge in [0.05, 0.1) is 12.7 Å². The van der Waals surface area contributed by atoms with Gasteiger partial charge in [-0.05, 0) is 48.9 Å². The highest BCUT2D eigenvalue weighted by Crippen LogP contribution is 2.37. The van der Waals surface area contributed by atoms with E-state index in [1.54, 1.807) is 13.8 Å². The number of aliphatic hydroxyl groups excluding tert-OH is 4. The van der Waals surface area contributed by atoms with Gasteiger partial charge in [-0.2, -0.15) is 19.9 Å². The van der Waals surface area contributed by atoms with E-state index in [1.165, 1.54) is 21.8 Å². The first kappa shape index (κ1) is 57.6. The molecule has 4 saturated heterocycles. The average Bonchev–Trinajstić information content (AvgIpc) is 2.95. The molecule has 86 heavy (non-hydrogen) atoms. The third-order valence-electron chi connectivity index (χ3n) is 16.4. The summed E-state index contributed by atoms with van der Waals surface area (Å²) in [6, 6.07) is 39.6. The second-order valence-electron chi connectivity index (χ2n) is 22.0. The Balaban J connectivity index is 0.767. The van der Waals surface area contributed by atoms with Crippen molar-refractivity contribution in [3.8, 4) is 0 Å². The van der Waals surface area contributed by atoms with E-state index in [2.05, 4.69) is 80.4 Å². The smallest absolute Gasteiger partial charge is 0.315 e. The minimum atomic E-state index is -1.52. The number of nitrogens with one attached hydrogen (secondary N) is 6. The number of fused-ring (bicyclic) bond motifs is 2. The number of amides is 4. The number of aliphatic hydroxyl groups is 4. The Labute approximate surface area is 495 Å². The number of hydrogen-bond donors (Lipinski definition) is 10. The van der Waals surface area contributed by atoms with Gasteiger partial charge in [-0.25, -0.2) is 14.8 Å². The van der Waals surface area contributed by atoms with Gasteiger partial charge < -0.3 is 71.6 Å². The molecule has 8 heterocycles. The van der Waals surface area contributed by atoms with Crippen molar-refractivity contribution >= 4 is 63.7 Å². The van der Waals surface area contributed by atoms with Gasteiger partial charge in [0, 0.05) is 76.3 Å². The van der Waals surface area contributed by atoms with Crippen LogP contribution in [0.3, 0.4) is 0 Å². The van der Waals surface area contributed by atoms with Gasteiger partial charge in [-0.3, -0.25) is 18.7 Å². The minimum absolute atomic E-state index is 0.0800. The number of aromatic nitrogens is 8. The van der Waals surface area contributed by atoms with E-state index in [4.69, 9.17) is 39.4 Å². The second-order valence-corrected chi connectivity index (χ2v) is 22.0. The number of imidazole rings is 2. The number of urea groups is 1. The zero-order chi connectivity index (χ0) is 59.4. The molecule has 0 aliphatic carbocycles. The van der Waals surface area contributed by atoms with E-state index in [9.17, 15) is 34.8 Å². The average molecular weight is 1170 g/mol. The number of carbonyl (C=O) groups excluding carboxylic acids is 3. The van der Waals surface area contributed by atoms with Crippen LogP contribution < -0.4 is 41.7 Å². The van der Waals surface area contributed by atoms with Crippen LogP contribution in [0.2, 0.25) is 0 Å². The number of anilines is 4. The molecule has 10 N–H and O–H groups in total. The number of nitrogens with zero attached hydrogens (tertiary/aromatic N) is 10. The molecule has 10 atom stereocenters. The number of likely N-dealkylation sites (N-methyl/N-ethyl adjacent to an activating group) is 2. The predicted octanol–water partition coefficient (Wildman–Crippen LogP) is 3.12. The standard InChI is InChI=1S/C61H70N16O9/c1-3-62-55(82)49-45(78)47(80)57(85-49)76-33-66-43-51(64-29-41(35-17-9-5-10-18-35)36-19-11-6-12-20-36)70-59(72-53(43)76)74-27-25-39(31-74)68-61(84)69-40-26-28-75(32-40)60-71-52(65-30-42(37-21-13-7-14-22-37)38-23-15-8-16-24-38)44-54(73-60)77(34-67-44)58-48(81)46(79)50(86-58)56(83)63-4-2/h5-24,33-34,39-42,45-50,57-58,78-81H,3-4,25-32H2,1-2H3,(H,62,82)(H,63,83)(H,64,70,72)(H,65,71,73)(H2,68,69,84)/t39-,40-,45+,46+,47-,48-,49+,50+,57-,58-/m1/s1. The number of hydrogen-bond acceptors (Lipinski definition) is 19. The summed E-state index contributed by atoms with van der Waals surface area (Å²) in [5.74, 6) is 0.229. The van der Waals surface area contributed by atoms with E-state index in [0.717, 1.165) is 22.3 Å². The van der Waals surface area contributed by atoms with Crippen molar-refractivity contribution in [1.29, 1.82) is 0 Å². The third kappa shape index (κ3) is 11.8. The molecular weight excluding hydrogens is 1100 g/mol. The number of rotatable bonds is 20. The predicted molar refractivity (Wildman–Crippen MR) is 319 cm³/mol. The van der Waals surface area contributed by atoms with Gasteiger partial charge in [0.25, 0.3) is 11.8 Å². The fourth-order valence-electron chi connectivity index (χ4n) is 12.0. The summed E-state index contributed by atoms with van der Waals surface area (Å²) < 4.78 is 15.1. The maximum atomic E-state index is 14.0. The van der Waals surface area contributed by atoms with Crippen molar-refractivity contribution in [2.45, 2.75) is 99.7 Å². The van der Waals surface area contributed by atoms with Crippen LogP contribution in [-0.4, -0.2) is 178 Å². The van der Waals surface area contributed by atoms with Crippen LogP contribution in [0.15, 0.2) is 134 Å². The molecule has 8 aromatic rings. The summed E-state index contributed by atoms with van der Waals surface area (Å²) in [4.78, 5) is 73.2. The van der Waals surface area contributed by atoms with Crippen molar-refractivity contribution in [3.63, 3.8) is 0 Å². The Kier molecular flexibility index (Phi) is 17.0. The molecule has 4 aliphatic rings. The van der Waals surface area contributed by atoms with Crippen LogP contribution in [0.25, 0.3) is 22.3 Å². The van der Waals surface area contributed by atoms with Crippen LogP contribution in [0.4, 0.5) is 28.3 Å². The molecule has 4 aliphatic heterocycles. The quantitative estimate of drug-likeness (QED) is 0.0524. The fraction of sp³-hybridized carbons (Fsp3) is 0.393. The molecule has 4 amide bonds. The van der Waals surface area contributed by atoms with Crippen LogP contribution >= 0.6 is 0 Å². The molecule has 25 nitrogen and oxygen atoms in total. The highest BCUT2D eigenvalue weighted by Gasteiger charge is 2.49. The maximum absolute atomic E-state index is 14.0. The van der Waals surface area contributed by atoms with Gasteiger partial charge in [0.2, 0.25) is 11.9 Å². The van der Waals surface area contributed by atoms with Crippen molar-refractivity contribution in [1.82, 2.24) is 60.3 Å². The van der Waals surface area contributed by atoms with E-state index in [1.807, 2.05) is 82.6 Å². The molecule has 12 rings (SSSR count). The minimum Gasteiger partial charge on any atom is -0.387 e. The molecule has 25 heteroatoms. The van der Waals surface area contributed by atoms with Crippen LogP contribution in [0.1, 0.15) is 73.2 Å². The van der Waals surface area contributed by atoms with Gasteiger partial charge in [-0.1, -0.05) is 121 Å².